The minimum Gasteiger partial charge on any atom is -0.481 e. The van der Waals surface area contributed by atoms with Crippen LogP contribution in [0.1, 0.15) is 45.2 Å². The van der Waals surface area contributed by atoms with E-state index in [1.54, 1.807) is 39.0 Å². The Morgan fingerprint density at radius 1 is 1.41 bits per heavy atom. The number of aliphatic carboxylic acids is 1. The lowest BCUT2D eigenvalue weighted by Gasteiger charge is -2.20. The largest absolute Gasteiger partial charge is 0.481 e. The van der Waals surface area contributed by atoms with Gasteiger partial charge in [-0.15, -0.1) is 0 Å². The summed E-state index contributed by atoms with van der Waals surface area (Å²) in [7, 11) is 0. The van der Waals surface area contributed by atoms with E-state index in [0.29, 0.717) is 16.3 Å². The summed E-state index contributed by atoms with van der Waals surface area (Å²) < 4.78 is 5.16. The van der Waals surface area contributed by atoms with Gasteiger partial charge in [0.15, 0.2) is 0 Å². The van der Waals surface area contributed by atoms with E-state index in [0.717, 1.165) is 0 Å². The lowest BCUT2D eigenvalue weighted by molar-refractivity contribution is -0.137. The molecule has 0 aromatic heterocycles. The fraction of sp³-hybridized carbons (Fsp3) is 0.467. The Morgan fingerprint density at radius 3 is 2.59 bits per heavy atom. The Morgan fingerprint density at radius 2 is 2.05 bits per heavy atom. The van der Waals surface area contributed by atoms with Crippen molar-refractivity contribution in [3.05, 3.63) is 28.8 Å². The van der Waals surface area contributed by atoms with Gasteiger partial charge in [-0.3, -0.25) is 10.1 Å². The van der Waals surface area contributed by atoms with Gasteiger partial charge in [0.25, 0.3) is 0 Å². The van der Waals surface area contributed by atoms with Crippen LogP contribution in [0.15, 0.2) is 18.2 Å². The molecule has 0 saturated carbocycles. The monoisotopic (exact) mass is 328 g/mol. The summed E-state index contributed by atoms with van der Waals surface area (Å²) in [6, 6.07) is 4.33. The van der Waals surface area contributed by atoms with Crippen LogP contribution in [0.25, 0.3) is 0 Å². The number of hydrogen-bond acceptors (Lipinski definition) is 4. The minimum absolute atomic E-state index is 0.0543. The van der Waals surface area contributed by atoms with Gasteiger partial charge >= 0.3 is 12.1 Å². The first kappa shape index (κ1) is 18.3. The van der Waals surface area contributed by atoms with Gasteiger partial charge in [0.1, 0.15) is 5.60 Å². The van der Waals surface area contributed by atoms with Gasteiger partial charge < -0.3 is 15.6 Å². The number of carbonyl (C=O) groups excluding carboxylic acids is 1. The molecular formula is C15H21ClN2O4. The zero-order valence-corrected chi connectivity index (χ0v) is 13.6. The molecule has 0 bridgehead atoms. The topological polar surface area (TPSA) is 102 Å². The summed E-state index contributed by atoms with van der Waals surface area (Å²) in [5.41, 5.74) is 6.42. The van der Waals surface area contributed by atoms with Gasteiger partial charge in [-0.1, -0.05) is 11.6 Å². The molecule has 1 aromatic rings. The van der Waals surface area contributed by atoms with Crippen LogP contribution in [0, 0.1) is 0 Å². The molecule has 0 radical (unpaired) electrons. The molecule has 1 rings (SSSR count). The molecule has 1 amide bonds. The third-order valence-electron chi connectivity index (χ3n) is 2.71. The van der Waals surface area contributed by atoms with Gasteiger partial charge in [-0.2, -0.15) is 0 Å². The molecule has 0 saturated heterocycles. The van der Waals surface area contributed by atoms with Crippen molar-refractivity contribution < 1.29 is 19.4 Å². The number of carboxylic acid groups (broad SMARTS) is 1. The summed E-state index contributed by atoms with van der Waals surface area (Å²) in [6.07, 6.45) is -0.383. The SMILES string of the molecule is CC(C)(C)OC(=O)Nc1ccc(Cl)c(C(N)CCC(=O)O)c1. The van der Waals surface area contributed by atoms with Crippen LogP contribution in [-0.2, 0) is 9.53 Å². The molecule has 7 heteroatoms. The Hall–Kier alpha value is -1.79. The van der Waals surface area contributed by atoms with Crippen LogP contribution in [0.5, 0.6) is 0 Å². The quantitative estimate of drug-likeness (QED) is 0.767. The maximum atomic E-state index is 11.7. The van der Waals surface area contributed by atoms with Crippen molar-refractivity contribution in [1.82, 2.24) is 0 Å². The lowest BCUT2D eigenvalue weighted by Crippen LogP contribution is -2.27. The molecule has 0 spiro atoms. The van der Waals surface area contributed by atoms with Crippen LogP contribution in [-0.4, -0.2) is 22.8 Å². The number of carboxylic acids is 1. The Labute approximate surface area is 134 Å². The number of nitrogens with two attached hydrogens (primary N) is 1. The second-order valence-corrected chi connectivity index (χ2v) is 6.31. The second kappa shape index (κ2) is 7.47. The van der Waals surface area contributed by atoms with E-state index >= 15 is 0 Å². The average molecular weight is 329 g/mol. The highest BCUT2D eigenvalue weighted by Gasteiger charge is 2.17. The van der Waals surface area contributed by atoms with Gasteiger partial charge in [0, 0.05) is 23.2 Å². The number of ether oxygens (including phenoxy) is 1. The number of benzene rings is 1. The second-order valence-electron chi connectivity index (χ2n) is 5.90. The van der Waals surface area contributed by atoms with Crippen molar-refractivity contribution in [3.8, 4) is 0 Å². The zero-order valence-electron chi connectivity index (χ0n) is 12.9. The van der Waals surface area contributed by atoms with Gasteiger partial charge in [0.05, 0.1) is 0 Å². The van der Waals surface area contributed by atoms with Gasteiger partial charge in [-0.25, -0.2) is 4.79 Å². The molecule has 0 fully saturated rings. The molecule has 0 heterocycles. The maximum Gasteiger partial charge on any atom is 0.412 e. The summed E-state index contributed by atoms with van der Waals surface area (Å²) in [5.74, 6) is -0.922. The number of hydrogen-bond donors (Lipinski definition) is 3. The van der Waals surface area contributed by atoms with Gasteiger partial charge in [-0.05, 0) is 51.0 Å². The van der Waals surface area contributed by atoms with Crippen LogP contribution in [0.4, 0.5) is 10.5 Å². The fourth-order valence-corrected chi connectivity index (χ4v) is 2.02. The first-order valence-electron chi connectivity index (χ1n) is 6.85. The highest BCUT2D eigenvalue weighted by molar-refractivity contribution is 6.31. The molecular weight excluding hydrogens is 308 g/mol. The minimum atomic E-state index is -0.922. The Kier molecular flexibility index (Phi) is 6.20. The molecule has 122 valence electrons. The lowest BCUT2D eigenvalue weighted by atomic mass is 10.0. The van der Waals surface area contributed by atoms with E-state index in [4.69, 9.17) is 27.2 Å². The highest BCUT2D eigenvalue weighted by Crippen LogP contribution is 2.27. The molecule has 22 heavy (non-hydrogen) atoms. The molecule has 0 aliphatic heterocycles. The smallest absolute Gasteiger partial charge is 0.412 e. The number of amides is 1. The molecule has 1 atom stereocenters. The first-order valence-corrected chi connectivity index (χ1v) is 7.23. The fourth-order valence-electron chi connectivity index (χ4n) is 1.76. The molecule has 0 aliphatic rings. The highest BCUT2D eigenvalue weighted by atomic mass is 35.5. The Balaban J connectivity index is 2.81. The average Bonchev–Trinajstić information content (AvgIpc) is 2.36. The van der Waals surface area contributed by atoms with Crippen molar-refractivity contribution in [2.45, 2.75) is 45.3 Å². The van der Waals surface area contributed by atoms with Crippen LogP contribution in [0.2, 0.25) is 5.02 Å². The van der Waals surface area contributed by atoms with Crippen molar-refractivity contribution in [3.63, 3.8) is 0 Å². The predicted molar refractivity (Wildman–Crippen MR) is 85.1 cm³/mol. The summed E-state index contributed by atoms with van der Waals surface area (Å²) in [5, 5.41) is 11.7. The number of nitrogens with one attached hydrogen (secondary N) is 1. The number of halogens is 1. The van der Waals surface area contributed by atoms with Crippen LogP contribution in [0.3, 0.4) is 0 Å². The maximum absolute atomic E-state index is 11.7. The van der Waals surface area contributed by atoms with Crippen molar-refractivity contribution >= 4 is 29.4 Å². The van der Waals surface area contributed by atoms with Crippen molar-refractivity contribution in [1.29, 1.82) is 0 Å². The molecule has 1 unspecified atom stereocenters. The zero-order chi connectivity index (χ0) is 16.9. The number of carbonyl (C=O) groups is 2. The summed E-state index contributed by atoms with van der Waals surface area (Å²) in [4.78, 5) is 22.3. The van der Waals surface area contributed by atoms with E-state index < -0.39 is 23.7 Å². The molecule has 1 aromatic carbocycles. The van der Waals surface area contributed by atoms with E-state index in [9.17, 15) is 9.59 Å². The van der Waals surface area contributed by atoms with Gasteiger partial charge in [0.2, 0.25) is 0 Å². The number of anilines is 1. The molecule has 0 aliphatic carbocycles. The first-order chi connectivity index (χ1) is 10.1. The Bertz CT molecular complexity index is 555. The van der Waals surface area contributed by atoms with E-state index in [-0.39, 0.29) is 12.8 Å². The van der Waals surface area contributed by atoms with Crippen LogP contribution < -0.4 is 11.1 Å². The third-order valence-corrected chi connectivity index (χ3v) is 3.05. The van der Waals surface area contributed by atoms with Crippen LogP contribution >= 0.6 is 11.6 Å². The third kappa shape index (κ3) is 6.32. The number of rotatable bonds is 5. The standard InChI is InChI=1S/C15H21ClN2O4/c1-15(2,3)22-14(21)18-9-4-5-11(16)10(8-9)12(17)6-7-13(19)20/h4-5,8,12H,6-7,17H2,1-3H3,(H,18,21)(H,19,20). The molecule has 6 nitrogen and oxygen atoms in total. The normalized spacial score (nSPS) is 12.6. The predicted octanol–water partition coefficient (Wildman–Crippen LogP) is 3.55. The van der Waals surface area contributed by atoms with Crippen molar-refractivity contribution in [2.75, 3.05) is 5.32 Å². The summed E-state index contributed by atoms with van der Waals surface area (Å²) in [6.45, 7) is 5.30. The van der Waals surface area contributed by atoms with E-state index in [2.05, 4.69) is 5.32 Å². The summed E-state index contributed by atoms with van der Waals surface area (Å²) >= 11 is 6.08. The van der Waals surface area contributed by atoms with Crippen molar-refractivity contribution in [2.24, 2.45) is 5.73 Å². The van der Waals surface area contributed by atoms with E-state index in [1.165, 1.54) is 0 Å². The van der Waals surface area contributed by atoms with E-state index in [1.807, 2.05) is 0 Å². The molecule has 4 N–H and O–H groups in total.